The number of carbonyl (C=O) groups is 1. The average Bonchev–Trinajstić information content (AvgIpc) is 3.29. The van der Waals surface area contributed by atoms with E-state index in [4.69, 9.17) is 9.47 Å². The number of nitrogens with zero attached hydrogens (tertiary/aromatic N) is 2. The van der Waals surface area contributed by atoms with E-state index in [0.29, 0.717) is 18.1 Å². The van der Waals surface area contributed by atoms with Crippen LogP contribution in [0.3, 0.4) is 0 Å². The van der Waals surface area contributed by atoms with Crippen molar-refractivity contribution in [2.75, 3.05) is 19.5 Å². The topological polar surface area (TPSA) is 65.4 Å². The quantitative estimate of drug-likeness (QED) is 0.605. The molecule has 0 bridgehead atoms. The highest BCUT2D eigenvalue weighted by Crippen LogP contribution is 2.27. The van der Waals surface area contributed by atoms with Gasteiger partial charge in [0.05, 0.1) is 31.8 Å². The highest BCUT2D eigenvalue weighted by molar-refractivity contribution is 7.14. The smallest absolute Gasteiger partial charge is 0.266 e. The molecule has 28 heavy (non-hydrogen) atoms. The Bertz CT molecular complexity index is 962. The second kappa shape index (κ2) is 8.93. The maximum atomic E-state index is 12.7. The van der Waals surface area contributed by atoms with E-state index >= 15 is 0 Å². The van der Waals surface area contributed by atoms with Crippen LogP contribution in [-0.4, -0.2) is 29.9 Å². The van der Waals surface area contributed by atoms with Crippen LogP contribution in [0.4, 0.5) is 5.82 Å². The van der Waals surface area contributed by atoms with Crippen LogP contribution in [0, 0.1) is 6.92 Å². The van der Waals surface area contributed by atoms with Crippen LogP contribution in [0.25, 0.3) is 0 Å². The van der Waals surface area contributed by atoms with Crippen LogP contribution in [-0.2, 0) is 13.0 Å². The molecule has 7 heteroatoms. The molecule has 0 fully saturated rings. The second-order valence-electron chi connectivity index (χ2n) is 6.45. The molecule has 148 valence electrons. The van der Waals surface area contributed by atoms with E-state index in [1.165, 1.54) is 21.8 Å². The number of ether oxygens (including phenoxy) is 2. The summed E-state index contributed by atoms with van der Waals surface area (Å²) in [5.74, 6) is 1.97. The number of hydrogen-bond donors (Lipinski definition) is 1. The molecular formula is C21H25N3O3S. The number of aryl methyl sites for hydroxylation is 2. The van der Waals surface area contributed by atoms with Gasteiger partial charge in [-0.1, -0.05) is 13.3 Å². The van der Waals surface area contributed by atoms with E-state index in [1.54, 1.807) is 31.2 Å². The molecule has 0 radical (unpaired) electrons. The maximum Gasteiger partial charge on any atom is 0.266 e. The second-order valence-corrected chi connectivity index (χ2v) is 7.70. The highest BCUT2D eigenvalue weighted by atomic mass is 32.1. The van der Waals surface area contributed by atoms with Crippen LogP contribution in [0.5, 0.6) is 11.5 Å². The number of methoxy groups -OCH3 is 2. The van der Waals surface area contributed by atoms with Crippen LogP contribution in [0.15, 0.2) is 36.5 Å². The van der Waals surface area contributed by atoms with Gasteiger partial charge < -0.3 is 14.8 Å². The minimum absolute atomic E-state index is 0.112. The summed E-state index contributed by atoms with van der Waals surface area (Å²) >= 11 is 1.53. The van der Waals surface area contributed by atoms with Gasteiger partial charge in [-0.3, -0.25) is 4.79 Å². The minimum atomic E-state index is -0.112. The molecule has 1 N–H and O–H groups in total. The van der Waals surface area contributed by atoms with Crippen molar-refractivity contribution in [3.8, 4) is 11.5 Å². The number of anilines is 1. The van der Waals surface area contributed by atoms with Crippen LogP contribution < -0.4 is 14.8 Å². The molecule has 0 aliphatic rings. The van der Waals surface area contributed by atoms with Gasteiger partial charge in [0, 0.05) is 22.6 Å². The van der Waals surface area contributed by atoms with Crippen molar-refractivity contribution in [2.45, 2.75) is 33.2 Å². The number of aromatic nitrogens is 2. The predicted molar refractivity (Wildman–Crippen MR) is 112 cm³/mol. The first-order valence-electron chi connectivity index (χ1n) is 9.19. The molecule has 0 saturated carbocycles. The first-order valence-corrected chi connectivity index (χ1v) is 10.0. The maximum absolute atomic E-state index is 12.7. The first kappa shape index (κ1) is 19.9. The van der Waals surface area contributed by atoms with E-state index in [1.807, 2.05) is 24.3 Å². The summed E-state index contributed by atoms with van der Waals surface area (Å²) in [7, 11) is 3.24. The minimum Gasteiger partial charge on any atom is -0.497 e. The van der Waals surface area contributed by atoms with Gasteiger partial charge in [-0.25, -0.2) is 4.68 Å². The van der Waals surface area contributed by atoms with Gasteiger partial charge in [0.2, 0.25) is 0 Å². The lowest BCUT2D eigenvalue weighted by atomic mass is 10.1. The zero-order chi connectivity index (χ0) is 20.1. The standard InChI is InChI=1S/C21H25N3O3S/c1-5-6-15-11-19(28-14(15)2)21(25)23-20-9-10-22-24(20)13-16-7-8-17(26-3)12-18(16)27-4/h7-12H,5-6,13H2,1-4H3,(H,23,25). The Balaban J connectivity index is 1.77. The molecule has 2 aromatic heterocycles. The summed E-state index contributed by atoms with van der Waals surface area (Å²) in [4.78, 5) is 14.6. The Morgan fingerprint density at radius 3 is 2.71 bits per heavy atom. The van der Waals surface area contributed by atoms with E-state index in [0.717, 1.165) is 29.0 Å². The van der Waals surface area contributed by atoms with Gasteiger partial charge in [-0.15, -0.1) is 11.3 Å². The van der Waals surface area contributed by atoms with Gasteiger partial charge >= 0.3 is 0 Å². The fourth-order valence-electron chi connectivity index (χ4n) is 3.04. The molecule has 0 unspecified atom stereocenters. The Kier molecular flexibility index (Phi) is 6.36. The predicted octanol–water partition coefficient (Wildman–Crippen LogP) is 4.52. The van der Waals surface area contributed by atoms with Gasteiger partial charge in [0.15, 0.2) is 0 Å². The molecule has 3 rings (SSSR count). The van der Waals surface area contributed by atoms with Gasteiger partial charge in [-0.05, 0) is 37.1 Å². The van der Waals surface area contributed by atoms with Crippen molar-refractivity contribution >= 4 is 23.1 Å². The lowest BCUT2D eigenvalue weighted by Crippen LogP contribution is -2.15. The van der Waals surface area contributed by atoms with E-state index in [2.05, 4.69) is 24.3 Å². The molecule has 3 aromatic rings. The molecule has 0 aliphatic heterocycles. The molecule has 2 heterocycles. The van der Waals surface area contributed by atoms with Crippen molar-refractivity contribution in [1.82, 2.24) is 9.78 Å². The average molecular weight is 400 g/mol. The number of hydrogen-bond acceptors (Lipinski definition) is 5. The van der Waals surface area contributed by atoms with Crippen LogP contribution >= 0.6 is 11.3 Å². The van der Waals surface area contributed by atoms with Crippen molar-refractivity contribution < 1.29 is 14.3 Å². The Hall–Kier alpha value is -2.80. The Labute approximate surface area is 169 Å². The molecular weight excluding hydrogens is 374 g/mol. The summed E-state index contributed by atoms with van der Waals surface area (Å²) < 4.78 is 12.4. The molecule has 0 aliphatic carbocycles. The summed E-state index contributed by atoms with van der Waals surface area (Å²) in [5, 5.41) is 7.32. The fourth-order valence-corrected chi connectivity index (χ4v) is 4.00. The Morgan fingerprint density at radius 2 is 2.00 bits per heavy atom. The molecule has 0 spiro atoms. The van der Waals surface area contributed by atoms with Gasteiger partial charge in [0.1, 0.15) is 17.3 Å². The fraction of sp³-hybridized carbons (Fsp3) is 0.333. The van der Waals surface area contributed by atoms with Gasteiger partial charge in [0.25, 0.3) is 5.91 Å². The third-order valence-electron chi connectivity index (χ3n) is 4.54. The SMILES string of the molecule is CCCc1cc(C(=O)Nc2ccnn2Cc2ccc(OC)cc2OC)sc1C. The van der Waals surface area contributed by atoms with E-state index in [-0.39, 0.29) is 5.91 Å². The van der Waals surface area contributed by atoms with Crippen molar-refractivity contribution in [3.63, 3.8) is 0 Å². The number of carbonyl (C=O) groups excluding carboxylic acids is 1. The highest BCUT2D eigenvalue weighted by Gasteiger charge is 2.15. The monoisotopic (exact) mass is 399 g/mol. The van der Waals surface area contributed by atoms with Crippen LogP contribution in [0.1, 0.15) is 39.0 Å². The van der Waals surface area contributed by atoms with E-state index in [9.17, 15) is 4.79 Å². The summed E-state index contributed by atoms with van der Waals surface area (Å²) in [6.07, 6.45) is 3.73. The molecule has 0 saturated heterocycles. The number of amides is 1. The summed E-state index contributed by atoms with van der Waals surface area (Å²) in [5.41, 5.74) is 2.19. The largest absolute Gasteiger partial charge is 0.497 e. The lowest BCUT2D eigenvalue weighted by molar-refractivity contribution is 0.102. The first-order chi connectivity index (χ1) is 13.5. The number of nitrogens with one attached hydrogen (secondary N) is 1. The molecule has 1 amide bonds. The van der Waals surface area contributed by atoms with Gasteiger partial charge in [-0.2, -0.15) is 5.10 Å². The lowest BCUT2D eigenvalue weighted by Gasteiger charge is -2.12. The summed E-state index contributed by atoms with van der Waals surface area (Å²) in [6.45, 7) is 4.68. The number of thiophene rings is 1. The molecule has 0 atom stereocenters. The Morgan fingerprint density at radius 1 is 1.18 bits per heavy atom. The zero-order valence-corrected chi connectivity index (χ0v) is 17.4. The molecule has 6 nitrogen and oxygen atoms in total. The van der Waals surface area contributed by atoms with Crippen molar-refractivity contribution in [1.29, 1.82) is 0 Å². The number of benzene rings is 1. The van der Waals surface area contributed by atoms with Crippen molar-refractivity contribution in [3.05, 3.63) is 57.4 Å². The molecule has 1 aromatic carbocycles. The third kappa shape index (κ3) is 4.36. The van der Waals surface area contributed by atoms with Crippen molar-refractivity contribution in [2.24, 2.45) is 0 Å². The van der Waals surface area contributed by atoms with Crippen LogP contribution in [0.2, 0.25) is 0 Å². The normalized spacial score (nSPS) is 10.7. The van der Waals surface area contributed by atoms with E-state index < -0.39 is 0 Å². The zero-order valence-electron chi connectivity index (χ0n) is 16.6. The number of rotatable bonds is 8. The summed E-state index contributed by atoms with van der Waals surface area (Å²) in [6, 6.07) is 9.43. The third-order valence-corrected chi connectivity index (χ3v) is 5.63.